The zero-order chi connectivity index (χ0) is 18.8. The van der Waals surface area contributed by atoms with E-state index in [4.69, 9.17) is 9.47 Å². The monoisotopic (exact) mass is 376 g/mol. The van der Waals surface area contributed by atoms with Crippen LogP contribution in [-0.2, 0) is 17.3 Å². The summed E-state index contributed by atoms with van der Waals surface area (Å²) in [4.78, 5) is 24.7. The molecule has 1 atom stereocenters. The van der Waals surface area contributed by atoms with Crippen LogP contribution in [0, 0.1) is 0 Å². The van der Waals surface area contributed by atoms with Crippen LogP contribution in [0.15, 0.2) is 29.6 Å². The van der Waals surface area contributed by atoms with E-state index in [0.717, 1.165) is 5.56 Å². The van der Waals surface area contributed by atoms with Gasteiger partial charge in [-0.3, -0.25) is 14.0 Å². The van der Waals surface area contributed by atoms with Crippen LogP contribution in [0.2, 0.25) is 0 Å². The zero-order valence-corrected chi connectivity index (χ0v) is 15.9. The lowest BCUT2D eigenvalue weighted by Crippen LogP contribution is -2.48. The average molecular weight is 376 g/mol. The predicted octanol–water partition coefficient (Wildman–Crippen LogP) is 2.20. The lowest BCUT2D eigenvalue weighted by Gasteiger charge is -2.35. The number of fused-ring (bicyclic) bond motifs is 1. The maximum absolute atomic E-state index is 13.0. The van der Waals surface area contributed by atoms with E-state index in [2.05, 4.69) is 9.97 Å². The first kappa shape index (κ1) is 18.1. The molecule has 138 valence electrons. The molecule has 9 heteroatoms. The Labute approximate surface area is 154 Å². The molecular formula is C17H20N4O4S. The third kappa shape index (κ3) is 3.22. The Kier molecular flexibility index (Phi) is 5.08. The fraction of sp³-hybridized carbons (Fsp3) is 0.353. The van der Waals surface area contributed by atoms with E-state index in [1.807, 2.05) is 6.92 Å². The van der Waals surface area contributed by atoms with Gasteiger partial charge in [-0.05, 0) is 6.92 Å². The Balaban J connectivity index is 2.06. The van der Waals surface area contributed by atoms with E-state index >= 15 is 0 Å². The van der Waals surface area contributed by atoms with E-state index in [0.29, 0.717) is 36.1 Å². The maximum atomic E-state index is 13.0. The molecule has 0 N–H and O–H groups in total. The number of rotatable bonds is 5. The van der Waals surface area contributed by atoms with Crippen molar-refractivity contribution in [3.63, 3.8) is 0 Å². The molecule has 8 nitrogen and oxygen atoms in total. The molecule has 0 unspecified atom stereocenters. The van der Waals surface area contributed by atoms with Crippen molar-refractivity contribution in [2.24, 2.45) is 0 Å². The van der Waals surface area contributed by atoms with Gasteiger partial charge in [0.15, 0.2) is 0 Å². The molecule has 1 aromatic heterocycles. The lowest BCUT2D eigenvalue weighted by molar-refractivity contribution is 0.250. The van der Waals surface area contributed by atoms with Crippen molar-refractivity contribution < 1.29 is 18.5 Å². The summed E-state index contributed by atoms with van der Waals surface area (Å²) in [6.07, 6.45) is 3.13. The second-order valence-electron chi connectivity index (χ2n) is 5.64. The standard InChI is InChI=1S/C17H20N4O4S/c1-5-20-15-11(9-18-16(19-15)26(4)23)10-21(17(20)22)12-6-13(24-2)8-14(7-12)25-3/h6-9H,5,10H2,1-4H3/t26-/m1/s1. The first-order chi connectivity index (χ1) is 12.5. The van der Waals surface area contributed by atoms with E-state index in [1.54, 1.807) is 48.4 Å². The van der Waals surface area contributed by atoms with Gasteiger partial charge in [-0.1, -0.05) is 0 Å². The molecule has 0 fully saturated rings. The number of aromatic nitrogens is 2. The van der Waals surface area contributed by atoms with Crippen molar-refractivity contribution in [2.75, 3.05) is 36.8 Å². The van der Waals surface area contributed by atoms with Gasteiger partial charge in [0.1, 0.15) is 17.3 Å². The predicted molar refractivity (Wildman–Crippen MR) is 98.5 cm³/mol. The highest BCUT2D eigenvalue weighted by Gasteiger charge is 2.32. The second kappa shape index (κ2) is 7.28. The van der Waals surface area contributed by atoms with Gasteiger partial charge in [0.2, 0.25) is 5.16 Å². The Morgan fingerprint density at radius 2 is 1.85 bits per heavy atom. The quantitative estimate of drug-likeness (QED) is 0.744. The third-order valence-electron chi connectivity index (χ3n) is 4.09. The van der Waals surface area contributed by atoms with Crippen molar-refractivity contribution in [3.05, 3.63) is 30.0 Å². The highest BCUT2D eigenvalue weighted by atomic mass is 32.2. The maximum Gasteiger partial charge on any atom is 0.330 e. The number of methoxy groups -OCH3 is 2. The van der Waals surface area contributed by atoms with Gasteiger partial charge in [-0.2, -0.15) is 0 Å². The van der Waals surface area contributed by atoms with Crippen LogP contribution in [-0.4, -0.2) is 47.2 Å². The van der Waals surface area contributed by atoms with Crippen LogP contribution in [0.1, 0.15) is 12.5 Å². The second-order valence-corrected chi connectivity index (χ2v) is 6.91. The third-order valence-corrected chi connectivity index (χ3v) is 4.80. The number of hydrogen-bond acceptors (Lipinski definition) is 6. The molecule has 0 spiro atoms. The summed E-state index contributed by atoms with van der Waals surface area (Å²) in [6.45, 7) is 2.59. The molecule has 1 aliphatic rings. The first-order valence-electron chi connectivity index (χ1n) is 8.00. The number of anilines is 2. The van der Waals surface area contributed by atoms with Crippen molar-refractivity contribution >= 4 is 28.3 Å². The van der Waals surface area contributed by atoms with Crippen molar-refractivity contribution in [3.8, 4) is 11.5 Å². The average Bonchev–Trinajstić information content (AvgIpc) is 2.66. The number of amides is 2. The molecular weight excluding hydrogens is 356 g/mol. The molecule has 3 rings (SSSR count). The van der Waals surface area contributed by atoms with Gasteiger partial charge in [0, 0.05) is 42.8 Å². The molecule has 0 radical (unpaired) electrons. The van der Waals surface area contributed by atoms with Crippen molar-refractivity contribution in [2.45, 2.75) is 18.6 Å². The van der Waals surface area contributed by atoms with Gasteiger partial charge < -0.3 is 9.47 Å². The fourth-order valence-corrected chi connectivity index (χ4v) is 3.19. The molecule has 0 saturated carbocycles. The Morgan fingerprint density at radius 1 is 1.19 bits per heavy atom. The Hall–Kier alpha value is -2.68. The van der Waals surface area contributed by atoms with Gasteiger partial charge in [0.05, 0.1) is 37.3 Å². The van der Waals surface area contributed by atoms with Crippen LogP contribution in [0.5, 0.6) is 11.5 Å². The van der Waals surface area contributed by atoms with E-state index in [1.165, 1.54) is 6.26 Å². The zero-order valence-electron chi connectivity index (χ0n) is 15.1. The molecule has 0 bridgehead atoms. The minimum atomic E-state index is -1.32. The number of hydrogen-bond donors (Lipinski definition) is 0. The van der Waals surface area contributed by atoms with Crippen LogP contribution >= 0.6 is 0 Å². The largest absolute Gasteiger partial charge is 0.497 e. The normalized spacial score (nSPS) is 14.8. The number of carbonyl (C=O) groups is 1. The Morgan fingerprint density at radius 3 is 2.38 bits per heavy atom. The molecule has 1 aromatic carbocycles. The van der Waals surface area contributed by atoms with Crippen LogP contribution in [0.3, 0.4) is 0 Å². The minimum Gasteiger partial charge on any atom is -0.497 e. The van der Waals surface area contributed by atoms with Gasteiger partial charge in [-0.15, -0.1) is 0 Å². The molecule has 26 heavy (non-hydrogen) atoms. The smallest absolute Gasteiger partial charge is 0.330 e. The molecule has 0 aliphatic carbocycles. The van der Waals surface area contributed by atoms with Crippen molar-refractivity contribution in [1.82, 2.24) is 9.97 Å². The molecule has 0 saturated heterocycles. The molecule has 1 aliphatic heterocycles. The highest BCUT2D eigenvalue weighted by Crippen LogP contribution is 2.34. The van der Waals surface area contributed by atoms with Crippen LogP contribution in [0.4, 0.5) is 16.3 Å². The number of carbonyl (C=O) groups excluding carboxylic acids is 1. The van der Waals surface area contributed by atoms with E-state index < -0.39 is 10.8 Å². The topological polar surface area (TPSA) is 84.9 Å². The fourth-order valence-electron chi connectivity index (χ4n) is 2.78. The Bertz CT molecular complexity index is 852. The summed E-state index contributed by atoms with van der Waals surface area (Å²) in [5, 5.41) is 0.214. The van der Waals surface area contributed by atoms with Gasteiger partial charge in [0.25, 0.3) is 0 Å². The van der Waals surface area contributed by atoms with E-state index in [9.17, 15) is 9.00 Å². The van der Waals surface area contributed by atoms with Gasteiger partial charge in [-0.25, -0.2) is 14.8 Å². The number of benzene rings is 1. The highest BCUT2D eigenvalue weighted by molar-refractivity contribution is 7.84. The van der Waals surface area contributed by atoms with Crippen LogP contribution < -0.4 is 19.3 Å². The summed E-state index contributed by atoms with van der Waals surface area (Å²) in [6, 6.07) is 5.07. The summed E-state index contributed by atoms with van der Waals surface area (Å²) >= 11 is 0. The summed E-state index contributed by atoms with van der Waals surface area (Å²) in [5.41, 5.74) is 1.43. The van der Waals surface area contributed by atoms with Crippen LogP contribution in [0.25, 0.3) is 0 Å². The number of urea groups is 1. The SMILES string of the molecule is CCN1C(=O)N(c2cc(OC)cc(OC)c2)Cc2cnc([S@@](C)=O)nc21. The minimum absolute atomic E-state index is 0.214. The summed E-state index contributed by atoms with van der Waals surface area (Å²) in [5.74, 6) is 1.69. The lowest BCUT2D eigenvalue weighted by atomic mass is 10.2. The first-order valence-corrected chi connectivity index (χ1v) is 9.55. The summed E-state index contributed by atoms with van der Waals surface area (Å²) < 4.78 is 22.3. The van der Waals surface area contributed by atoms with Crippen molar-refractivity contribution in [1.29, 1.82) is 0 Å². The summed E-state index contributed by atoms with van der Waals surface area (Å²) in [7, 11) is 1.80. The number of nitrogens with zero attached hydrogens (tertiary/aromatic N) is 4. The molecule has 2 aromatic rings. The molecule has 2 amide bonds. The number of ether oxygens (including phenoxy) is 2. The van der Waals surface area contributed by atoms with E-state index in [-0.39, 0.29) is 11.2 Å². The van der Waals surface area contributed by atoms with Gasteiger partial charge >= 0.3 is 6.03 Å². The molecule has 2 heterocycles.